The Morgan fingerprint density at radius 2 is 1.76 bits per heavy atom. The zero-order valence-corrected chi connectivity index (χ0v) is 18.9. The predicted molar refractivity (Wildman–Crippen MR) is 127 cm³/mol. The molecule has 0 spiro atoms. The maximum atomic E-state index is 13.3. The molecule has 0 radical (unpaired) electrons. The summed E-state index contributed by atoms with van der Waals surface area (Å²) in [5.74, 6) is 1.39. The molecule has 2 N–H and O–H groups in total. The van der Waals surface area contributed by atoms with Crippen molar-refractivity contribution in [3.05, 3.63) is 77.4 Å². The smallest absolute Gasteiger partial charge is 0.235 e. The second kappa shape index (κ2) is 8.54. The Morgan fingerprint density at radius 1 is 1.00 bits per heavy atom. The molecule has 170 valence electrons. The molecule has 1 fully saturated rings. The minimum absolute atomic E-state index is 0.0228. The van der Waals surface area contributed by atoms with Crippen molar-refractivity contribution < 1.29 is 19.4 Å². The summed E-state index contributed by atoms with van der Waals surface area (Å²) in [7, 11) is 4.08. The Hall–Kier alpha value is -3.35. The molecule has 5 rings (SSSR count). The number of carbonyl (C=O) groups excluding carboxylic acids is 1. The maximum Gasteiger partial charge on any atom is 0.235 e. The molecule has 0 atom stereocenters. The van der Waals surface area contributed by atoms with Gasteiger partial charge in [0.05, 0.1) is 12.0 Å². The lowest BCUT2D eigenvalue weighted by Crippen LogP contribution is -2.27. The van der Waals surface area contributed by atoms with Crippen LogP contribution in [-0.4, -0.2) is 36.8 Å². The first-order valence-electron chi connectivity index (χ1n) is 11.2. The van der Waals surface area contributed by atoms with Gasteiger partial charge in [0, 0.05) is 12.2 Å². The lowest BCUT2D eigenvalue weighted by molar-refractivity contribution is -0.118. The van der Waals surface area contributed by atoms with E-state index in [1.165, 1.54) is 5.56 Å². The van der Waals surface area contributed by atoms with Crippen LogP contribution in [0.5, 0.6) is 11.5 Å². The first-order chi connectivity index (χ1) is 16.0. The number of rotatable bonds is 7. The summed E-state index contributed by atoms with van der Waals surface area (Å²) < 4.78 is 10.9. The third-order valence-electron chi connectivity index (χ3n) is 6.41. The van der Waals surface area contributed by atoms with Crippen molar-refractivity contribution in [2.24, 2.45) is 0 Å². The van der Waals surface area contributed by atoms with Gasteiger partial charge in [0.15, 0.2) is 11.5 Å². The zero-order chi connectivity index (χ0) is 23.0. The summed E-state index contributed by atoms with van der Waals surface area (Å²) in [6.07, 6.45) is 1.60. The van der Waals surface area contributed by atoms with Crippen LogP contribution in [0.4, 0.5) is 5.69 Å². The number of nitrogens with one attached hydrogen (secondary N) is 1. The zero-order valence-electron chi connectivity index (χ0n) is 18.9. The second-order valence-electron chi connectivity index (χ2n) is 9.07. The van der Waals surface area contributed by atoms with Gasteiger partial charge in [-0.3, -0.25) is 4.79 Å². The largest absolute Gasteiger partial charge is 0.454 e. The number of aliphatic hydroxyl groups excluding tert-OH is 1. The molecule has 3 aromatic carbocycles. The number of carbonyl (C=O) groups is 1. The molecule has 0 bridgehead atoms. The topological polar surface area (TPSA) is 71.0 Å². The molecule has 2 aliphatic rings. The predicted octanol–water partition coefficient (Wildman–Crippen LogP) is 4.31. The average molecular weight is 445 g/mol. The first-order valence-corrected chi connectivity index (χ1v) is 11.2. The molecule has 1 heterocycles. The lowest BCUT2D eigenvalue weighted by atomic mass is 9.94. The van der Waals surface area contributed by atoms with Crippen LogP contribution >= 0.6 is 0 Å². The maximum absolute atomic E-state index is 13.3. The molecule has 1 aliphatic heterocycles. The van der Waals surface area contributed by atoms with Gasteiger partial charge in [-0.25, -0.2) is 0 Å². The summed E-state index contributed by atoms with van der Waals surface area (Å²) in [6.45, 7) is 1.02. The average Bonchev–Trinajstić information content (AvgIpc) is 3.50. The van der Waals surface area contributed by atoms with Gasteiger partial charge in [-0.1, -0.05) is 36.4 Å². The van der Waals surface area contributed by atoms with Gasteiger partial charge in [-0.15, -0.1) is 0 Å². The van der Waals surface area contributed by atoms with Crippen LogP contribution in [0.3, 0.4) is 0 Å². The van der Waals surface area contributed by atoms with Crippen molar-refractivity contribution >= 4 is 11.6 Å². The summed E-state index contributed by atoms with van der Waals surface area (Å²) in [6, 6.07) is 19.7. The van der Waals surface area contributed by atoms with E-state index in [0.717, 1.165) is 53.1 Å². The minimum Gasteiger partial charge on any atom is -0.454 e. The fourth-order valence-corrected chi connectivity index (χ4v) is 4.43. The number of hydrogen-bond donors (Lipinski definition) is 2. The van der Waals surface area contributed by atoms with Gasteiger partial charge in [0.2, 0.25) is 12.7 Å². The van der Waals surface area contributed by atoms with Crippen LogP contribution in [0.1, 0.15) is 29.5 Å². The Balaban J connectivity index is 1.38. The van der Waals surface area contributed by atoms with E-state index in [-0.39, 0.29) is 19.3 Å². The van der Waals surface area contributed by atoms with Crippen LogP contribution < -0.4 is 14.8 Å². The van der Waals surface area contributed by atoms with E-state index in [0.29, 0.717) is 5.75 Å². The highest BCUT2D eigenvalue weighted by Gasteiger charge is 2.51. The molecule has 6 nitrogen and oxygen atoms in total. The number of ether oxygens (including phenoxy) is 2. The Morgan fingerprint density at radius 3 is 2.45 bits per heavy atom. The van der Waals surface area contributed by atoms with E-state index in [2.05, 4.69) is 34.5 Å². The molecule has 3 aromatic rings. The quantitative estimate of drug-likeness (QED) is 0.568. The van der Waals surface area contributed by atoms with Gasteiger partial charge in [-0.2, -0.15) is 0 Å². The summed E-state index contributed by atoms with van der Waals surface area (Å²) in [5.41, 5.74) is 5.10. The first kappa shape index (κ1) is 21.5. The third kappa shape index (κ3) is 4.19. The van der Waals surface area contributed by atoms with Crippen molar-refractivity contribution in [3.8, 4) is 22.6 Å². The highest BCUT2D eigenvalue weighted by atomic mass is 16.7. The standard InChI is InChI=1S/C27H28N2O4/c1-29(2)15-18-3-5-19(6-4-18)23-14-22(9-7-20(23)16-30)28-26(31)27(11-12-27)21-8-10-24-25(13-21)33-17-32-24/h3-10,13-14,30H,11-12,15-17H2,1-2H3,(H,28,31). The lowest BCUT2D eigenvalue weighted by Gasteiger charge is -2.18. The fourth-order valence-electron chi connectivity index (χ4n) is 4.43. The van der Waals surface area contributed by atoms with Crippen LogP contribution in [0.2, 0.25) is 0 Å². The van der Waals surface area contributed by atoms with Crippen LogP contribution in [0.15, 0.2) is 60.7 Å². The fraction of sp³-hybridized carbons (Fsp3) is 0.296. The molecule has 0 saturated heterocycles. The van der Waals surface area contributed by atoms with Crippen molar-refractivity contribution in [1.29, 1.82) is 0 Å². The van der Waals surface area contributed by atoms with Gasteiger partial charge in [0.1, 0.15) is 0 Å². The normalized spacial score (nSPS) is 15.5. The minimum atomic E-state index is -0.537. The van der Waals surface area contributed by atoms with Gasteiger partial charge >= 0.3 is 0 Å². The molecule has 33 heavy (non-hydrogen) atoms. The molecule has 6 heteroatoms. The molecule has 0 unspecified atom stereocenters. The monoisotopic (exact) mass is 444 g/mol. The molecule has 1 aliphatic carbocycles. The van der Waals surface area contributed by atoms with E-state index in [1.807, 2.05) is 50.5 Å². The summed E-state index contributed by atoms with van der Waals surface area (Å²) in [5, 5.41) is 13.0. The van der Waals surface area contributed by atoms with Crippen molar-refractivity contribution in [1.82, 2.24) is 4.90 Å². The molecular weight excluding hydrogens is 416 g/mol. The number of nitrogens with zero attached hydrogens (tertiary/aromatic N) is 1. The number of amides is 1. The van der Waals surface area contributed by atoms with Crippen LogP contribution in [0, 0.1) is 0 Å². The number of hydrogen-bond acceptors (Lipinski definition) is 5. The van der Waals surface area contributed by atoms with Crippen LogP contribution in [-0.2, 0) is 23.4 Å². The highest BCUT2D eigenvalue weighted by molar-refractivity contribution is 6.02. The van der Waals surface area contributed by atoms with E-state index in [4.69, 9.17) is 9.47 Å². The van der Waals surface area contributed by atoms with E-state index >= 15 is 0 Å². The van der Waals surface area contributed by atoms with E-state index in [9.17, 15) is 9.90 Å². The Kier molecular flexibility index (Phi) is 5.56. The molecule has 0 aromatic heterocycles. The van der Waals surface area contributed by atoms with Gasteiger partial charge < -0.3 is 24.8 Å². The Bertz CT molecular complexity index is 1180. The number of benzene rings is 3. The number of aliphatic hydroxyl groups is 1. The third-order valence-corrected chi connectivity index (χ3v) is 6.41. The number of anilines is 1. The van der Waals surface area contributed by atoms with E-state index < -0.39 is 5.41 Å². The summed E-state index contributed by atoms with van der Waals surface area (Å²) in [4.78, 5) is 15.4. The Labute approximate surface area is 193 Å². The highest BCUT2D eigenvalue weighted by Crippen LogP contribution is 2.51. The van der Waals surface area contributed by atoms with Gasteiger partial charge in [0.25, 0.3) is 0 Å². The number of fused-ring (bicyclic) bond motifs is 1. The SMILES string of the molecule is CN(C)Cc1ccc(-c2cc(NC(=O)C3(c4ccc5c(c4)OCO5)CC3)ccc2CO)cc1. The van der Waals surface area contributed by atoms with Gasteiger partial charge in [-0.05, 0) is 79.0 Å². The van der Waals surface area contributed by atoms with Crippen molar-refractivity contribution in [2.45, 2.75) is 31.4 Å². The molecular formula is C27H28N2O4. The second-order valence-corrected chi connectivity index (χ2v) is 9.07. The molecule has 1 saturated carbocycles. The van der Waals surface area contributed by atoms with E-state index in [1.54, 1.807) is 0 Å². The van der Waals surface area contributed by atoms with Crippen molar-refractivity contribution in [3.63, 3.8) is 0 Å². The summed E-state index contributed by atoms with van der Waals surface area (Å²) >= 11 is 0. The van der Waals surface area contributed by atoms with Crippen molar-refractivity contribution in [2.75, 3.05) is 26.2 Å². The molecule has 1 amide bonds. The van der Waals surface area contributed by atoms with Crippen LogP contribution in [0.25, 0.3) is 11.1 Å².